The molecule has 1 aromatic carbocycles. The van der Waals surface area contributed by atoms with E-state index in [1.807, 2.05) is 0 Å². The molecular formula is C14H16F2N2O2. The van der Waals surface area contributed by atoms with Gasteiger partial charge in [-0.15, -0.1) is 0 Å². The number of alkyl halides is 2. The molecule has 2 rings (SSSR count). The number of ether oxygens (including phenoxy) is 2. The second kappa shape index (κ2) is 6.53. The van der Waals surface area contributed by atoms with Gasteiger partial charge in [0, 0.05) is 12.6 Å². The van der Waals surface area contributed by atoms with Crippen molar-refractivity contribution < 1.29 is 18.3 Å². The third kappa shape index (κ3) is 3.81. The summed E-state index contributed by atoms with van der Waals surface area (Å²) in [6.07, 6.45) is 2.21. The lowest BCUT2D eigenvalue weighted by molar-refractivity contribution is -0.0512. The Morgan fingerprint density at radius 2 is 2.15 bits per heavy atom. The first-order valence-electron chi connectivity index (χ1n) is 6.36. The zero-order valence-corrected chi connectivity index (χ0v) is 11.2. The van der Waals surface area contributed by atoms with Crippen LogP contribution in [-0.4, -0.2) is 31.2 Å². The molecule has 1 aromatic rings. The van der Waals surface area contributed by atoms with Crippen molar-refractivity contribution in [3.05, 3.63) is 23.8 Å². The van der Waals surface area contributed by atoms with Crippen molar-refractivity contribution in [1.29, 1.82) is 5.26 Å². The van der Waals surface area contributed by atoms with Gasteiger partial charge in [-0.2, -0.15) is 14.0 Å². The van der Waals surface area contributed by atoms with E-state index in [1.165, 1.54) is 13.2 Å². The highest BCUT2D eigenvalue weighted by Crippen LogP contribution is 2.32. The van der Waals surface area contributed by atoms with Gasteiger partial charge in [-0.3, -0.25) is 4.90 Å². The van der Waals surface area contributed by atoms with Crippen molar-refractivity contribution in [2.24, 2.45) is 0 Å². The number of hydrogen-bond donors (Lipinski definition) is 0. The zero-order valence-electron chi connectivity index (χ0n) is 11.2. The lowest BCUT2D eigenvalue weighted by Crippen LogP contribution is -2.25. The lowest BCUT2D eigenvalue weighted by atomic mass is 10.2. The molecular weight excluding hydrogens is 266 g/mol. The summed E-state index contributed by atoms with van der Waals surface area (Å²) in [7, 11) is 1.41. The van der Waals surface area contributed by atoms with Crippen LogP contribution in [0.25, 0.3) is 0 Å². The molecule has 0 atom stereocenters. The predicted octanol–water partition coefficient (Wildman–Crippen LogP) is 2.78. The van der Waals surface area contributed by atoms with Crippen LogP contribution in [0.1, 0.15) is 18.4 Å². The summed E-state index contributed by atoms with van der Waals surface area (Å²) in [5, 5.41) is 8.82. The maximum absolute atomic E-state index is 12.2. The monoisotopic (exact) mass is 282 g/mol. The average molecular weight is 282 g/mol. The highest BCUT2D eigenvalue weighted by Gasteiger charge is 2.28. The van der Waals surface area contributed by atoms with Gasteiger partial charge >= 0.3 is 6.61 Å². The van der Waals surface area contributed by atoms with E-state index in [0.717, 1.165) is 18.4 Å². The topological polar surface area (TPSA) is 45.5 Å². The third-order valence-corrected chi connectivity index (χ3v) is 3.17. The number of nitriles is 1. The molecule has 4 nitrogen and oxygen atoms in total. The first kappa shape index (κ1) is 14.5. The van der Waals surface area contributed by atoms with Gasteiger partial charge in [-0.25, -0.2) is 0 Å². The Bertz CT molecular complexity index is 498. The van der Waals surface area contributed by atoms with E-state index in [9.17, 15) is 8.78 Å². The fourth-order valence-electron chi connectivity index (χ4n) is 2.08. The van der Waals surface area contributed by atoms with Crippen LogP contribution in [0.3, 0.4) is 0 Å². The third-order valence-electron chi connectivity index (χ3n) is 3.17. The number of rotatable bonds is 7. The van der Waals surface area contributed by atoms with Gasteiger partial charge in [-0.1, -0.05) is 6.07 Å². The maximum atomic E-state index is 12.2. The van der Waals surface area contributed by atoms with E-state index in [-0.39, 0.29) is 11.5 Å². The van der Waals surface area contributed by atoms with Gasteiger partial charge in [0.15, 0.2) is 11.5 Å². The summed E-state index contributed by atoms with van der Waals surface area (Å²) in [5.41, 5.74) is 0.908. The predicted molar refractivity (Wildman–Crippen MR) is 68.7 cm³/mol. The van der Waals surface area contributed by atoms with Crippen LogP contribution in [0.5, 0.6) is 11.5 Å². The molecule has 0 radical (unpaired) electrons. The van der Waals surface area contributed by atoms with E-state index >= 15 is 0 Å². The highest BCUT2D eigenvalue weighted by molar-refractivity contribution is 5.43. The molecule has 0 saturated heterocycles. The minimum Gasteiger partial charge on any atom is -0.493 e. The van der Waals surface area contributed by atoms with Crippen LogP contribution < -0.4 is 9.47 Å². The zero-order chi connectivity index (χ0) is 14.5. The molecule has 0 unspecified atom stereocenters. The Balaban J connectivity index is 2.10. The van der Waals surface area contributed by atoms with E-state index < -0.39 is 6.61 Å². The van der Waals surface area contributed by atoms with E-state index in [2.05, 4.69) is 15.7 Å². The van der Waals surface area contributed by atoms with Gasteiger partial charge < -0.3 is 9.47 Å². The molecule has 1 fully saturated rings. The summed E-state index contributed by atoms with van der Waals surface area (Å²) in [6.45, 7) is -1.91. The molecule has 0 aliphatic heterocycles. The van der Waals surface area contributed by atoms with Gasteiger partial charge in [0.05, 0.1) is 19.7 Å². The summed E-state index contributed by atoms with van der Waals surface area (Å²) >= 11 is 0. The van der Waals surface area contributed by atoms with E-state index in [1.54, 1.807) is 12.1 Å². The molecule has 0 bridgehead atoms. The Labute approximate surface area is 116 Å². The Morgan fingerprint density at radius 3 is 2.70 bits per heavy atom. The van der Waals surface area contributed by atoms with Crippen molar-refractivity contribution in [3.63, 3.8) is 0 Å². The highest BCUT2D eigenvalue weighted by atomic mass is 19.3. The Hall–Kier alpha value is -1.87. The summed E-state index contributed by atoms with van der Waals surface area (Å²) in [5.74, 6) is 0.292. The fourth-order valence-corrected chi connectivity index (χ4v) is 2.08. The molecule has 6 heteroatoms. The number of hydrogen-bond acceptors (Lipinski definition) is 4. The summed E-state index contributed by atoms with van der Waals surface area (Å²) in [4.78, 5) is 2.07. The van der Waals surface area contributed by atoms with Crippen molar-refractivity contribution in [1.82, 2.24) is 4.90 Å². The molecule has 0 aromatic heterocycles. The maximum Gasteiger partial charge on any atom is 0.387 e. The molecule has 0 spiro atoms. The number of halogens is 2. The summed E-state index contributed by atoms with van der Waals surface area (Å²) < 4.78 is 33.9. The molecule has 1 aliphatic rings. The average Bonchev–Trinajstić information content (AvgIpc) is 3.23. The van der Waals surface area contributed by atoms with Crippen molar-refractivity contribution >= 4 is 0 Å². The minimum atomic E-state index is -2.88. The van der Waals surface area contributed by atoms with Gasteiger partial charge in [0.25, 0.3) is 0 Å². The first-order chi connectivity index (χ1) is 9.63. The van der Waals surface area contributed by atoms with Crippen molar-refractivity contribution in [3.8, 4) is 17.6 Å². The normalized spacial score (nSPS) is 14.4. The van der Waals surface area contributed by atoms with Crippen molar-refractivity contribution in [2.45, 2.75) is 32.0 Å². The van der Waals surface area contributed by atoms with Gasteiger partial charge in [0.1, 0.15) is 0 Å². The first-order valence-corrected chi connectivity index (χ1v) is 6.36. The van der Waals surface area contributed by atoms with Crippen LogP contribution in [0.2, 0.25) is 0 Å². The Morgan fingerprint density at radius 1 is 1.40 bits per heavy atom. The van der Waals surface area contributed by atoms with Crippen LogP contribution in [0.15, 0.2) is 18.2 Å². The van der Waals surface area contributed by atoms with Gasteiger partial charge in [0.2, 0.25) is 0 Å². The number of methoxy groups -OCH3 is 1. The SMILES string of the molecule is COc1cc(CN(CC#N)C2CC2)ccc1OC(F)F. The summed E-state index contributed by atoms with van der Waals surface area (Å²) in [6, 6.07) is 7.46. The van der Waals surface area contributed by atoms with Crippen LogP contribution >= 0.6 is 0 Å². The molecule has 0 heterocycles. The number of nitrogens with zero attached hydrogens (tertiary/aromatic N) is 2. The molecule has 1 aliphatic carbocycles. The van der Waals surface area contributed by atoms with Crippen molar-refractivity contribution in [2.75, 3.05) is 13.7 Å². The molecule has 1 saturated carbocycles. The minimum absolute atomic E-state index is 0.0181. The van der Waals surface area contributed by atoms with Crippen LogP contribution in [-0.2, 0) is 6.54 Å². The largest absolute Gasteiger partial charge is 0.493 e. The standard InChI is InChI=1S/C14H16F2N2O2/c1-19-13-8-10(2-5-12(13)20-14(15)16)9-18(7-6-17)11-3-4-11/h2,5,8,11,14H,3-4,7,9H2,1H3. The quantitative estimate of drug-likeness (QED) is 0.721. The second-order valence-corrected chi connectivity index (χ2v) is 4.66. The smallest absolute Gasteiger partial charge is 0.387 e. The van der Waals surface area contributed by atoms with Crippen LogP contribution in [0.4, 0.5) is 8.78 Å². The fraction of sp³-hybridized carbons (Fsp3) is 0.500. The molecule has 0 amide bonds. The lowest BCUT2D eigenvalue weighted by Gasteiger charge is -2.19. The van der Waals surface area contributed by atoms with Gasteiger partial charge in [-0.05, 0) is 30.5 Å². The molecule has 20 heavy (non-hydrogen) atoms. The van der Waals surface area contributed by atoms with Crippen LogP contribution in [0, 0.1) is 11.3 Å². The molecule has 0 N–H and O–H groups in total. The van der Waals surface area contributed by atoms with E-state index in [4.69, 9.17) is 10.00 Å². The second-order valence-electron chi connectivity index (χ2n) is 4.66. The Kier molecular flexibility index (Phi) is 4.74. The van der Waals surface area contributed by atoms with E-state index in [0.29, 0.717) is 19.1 Å². The number of benzene rings is 1. The molecule has 108 valence electrons.